The molecule has 0 aliphatic carbocycles. The Hall–Kier alpha value is -1.94. The first-order valence-corrected chi connectivity index (χ1v) is 6.17. The molecule has 0 fully saturated rings. The zero-order valence-electron chi connectivity index (χ0n) is 10.6. The Bertz CT molecular complexity index is 606. The lowest BCUT2D eigenvalue weighted by molar-refractivity contribution is -0.138. The van der Waals surface area contributed by atoms with Crippen molar-refractivity contribution in [1.29, 1.82) is 0 Å². The highest BCUT2D eigenvalue weighted by Crippen LogP contribution is 2.26. The van der Waals surface area contributed by atoms with Gasteiger partial charge in [0.25, 0.3) is 0 Å². The van der Waals surface area contributed by atoms with Crippen molar-refractivity contribution in [2.45, 2.75) is 19.9 Å². The lowest BCUT2D eigenvalue weighted by Crippen LogP contribution is -2.20. The highest BCUT2D eigenvalue weighted by atomic mass is 35.5. The monoisotopic (exact) mass is 279 g/mol. The third-order valence-corrected chi connectivity index (χ3v) is 3.02. The summed E-state index contributed by atoms with van der Waals surface area (Å²) in [4.78, 5) is 11.3. The second-order valence-corrected chi connectivity index (χ2v) is 4.76. The second-order valence-electron chi connectivity index (χ2n) is 4.32. The molecule has 1 atom stereocenters. The fraction of sp³-hybridized carbons (Fsp3) is 0.214. The van der Waals surface area contributed by atoms with Crippen LogP contribution in [0.4, 0.5) is 5.69 Å². The molecule has 0 amide bonds. The number of carboxylic acids is 1. The lowest BCUT2D eigenvalue weighted by Gasteiger charge is -2.15. The number of rotatable bonds is 4. The predicted octanol–water partition coefficient (Wildman–Crippen LogP) is 3.79. The number of anilines is 1. The molecule has 5 heteroatoms. The van der Waals surface area contributed by atoms with Crippen molar-refractivity contribution in [3.8, 4) is 0 Å². The van der Waals surface area contributed by atoms with Gasteiger partial charge in [0, 0.05) is 10.7 Å². The quantitative estimate of drug-likeness (QED) is 0.894. The molecular weight excluding hydrogens is 266 g/mol. The van der Waals surface area contributed by atoms with Crippen LogP contribution in [0.1, 0.15) is 23.1 Å². The number of carboxylic acid groups (broad SMARTS) is 1. The predicted molar refractivity (Wildman–Crippen MR) is 73.6 cm³/mol. The fourth-order valence-electron chi connectivity index (χ4n) is 1.81. The first-order chi connectivity index (χ1) is 8.97. The summed E-state index contributed by atoms with van der Waals surface area (Å²) < 4.78 is 5.37. The van der Waals surface area contributed by atoms with Crippen LogP contribution in [-0.2, 0) is 4.79 Å². The molecule has 0 aliphatic heterocycles. The Morgan fingerprint density at radius 1 is 1.32 bits per heavy atom. The highest BCUT2D eigenvalue weighted by molar-refractivity contribution is 6.30. The first kappa shape index (κ1) is 13.5. The van der Waals surface area contributed by atoms with Crippen molar-refractivity contribution in [1.82, 2.24) is 0 Å². The molecule has 1 aromatic carbocycles. The van der Waals surface area contributed by atoms with Gasteiger partial charge in [0.2, 0.25) is 0 Å². The van der Waals surface area contributed by atoms with Gasteiger partial charge >= 0.3 is 5.97 Å². The zero-order chi connectivity index (χ0) is 14.0. The molecule has 1 unspecified atom stereocenters. The average molecular weight is 280 g/mol. The number of hydrogen-bond donors (Lipinski definition) is 2. The van der Waals surface area contributed by atoms with E-state index in [-0.39, 0.29) is 0 Å². The first-order valence-electron chi connectivity index (χ1n) is 5.79. The van der Waals surface area contributed by atoms with Gasteiger partial charge in [-0.2, -0.15) is 0 Å². The molecule has 4 nitrogen and oxygen atoms in total. The minimum atomic E-state index is -0.997. The SMILES string of the molecule is Cc1ccc(C(Nc2ccc(Cl)cc2C)C(=O)O)o1. The minimum Gasteiger partial charge on any atom is -0.479 e. The normalized spacial score (nSPS) is 12.2. The van der Waals surface area contributed by atoms with E-state index >= 15 is 0 Å². The summed E-state index contributed by atoms with van der Waals surface area (Å²) in [5, 5.41) is 12.9. The van der Waals surface area contributed by atoms with Gasteiger partial charge in [-0.05, 0) is 49.7 Å². The number of aliphatic carboxylic acids is 1. The van der Waals surface area contributed by atoms with Gasteiger partial charge in [-0.15, -0.1) is 0 Å². The summed E-state index contributed by atoms with van der Waals surface area (Å²) in [7, 11) is 0. The maximum atomic E-state index is 11.3. The third kappa shape index (κ3) is 3.09. The summed E-state index contributed by atoms with van der Waals surface area (Å²) in [5.74, 6) is 0.0546. The Balaban J connectivity index is 2.29. The van der Waals surface area contributed by atoms with Crippen LogP contribution in [0.15, 0.2) is 34.7 Å². The molecule has 0 aliphatic rings. The molecule has 1 aromatic heterocycles. The Kier molecular flexibility index (Phi) is 3.81. The van der Waals surface area contributed by atoms with Crippen LogP contribution in [0.2, 0.25) is 5.02 Å². The maximum Gasteiger partial charge on any atom is 0.334 e. The molecule has 1 heterocycles. The Labute approximate surface area is 116 Å². The number of aryl methyl sites for hydroxylation is 2. The summed E-state index contributed by atoms with van der Waals surface area (Å²) >= 11 is 5.87. The third-order valence-electron chi connectivity index (χ3n) is 2.78. The molecule has 0 saturated heterocycles. The molecule has 2 N–H and O–H groups in total. The number of furan rings is 1. The number of hydrogen-bond acceptors (Lipinski definition) is 3. The molecule has 0 spiro atoms. The van der Waals surface area contributed by atoms with E-state index in [1.165, 1.54) is 0 Å². The van der Waals surface area contributed by atoms with E-state index in [1.54, 1.807) is 37.3 Å². The molecule has 0 saturated carbocycles. The highest BCUT2D eigenvalue weighted by Gasteiger charge is 2.23. The van der Waals surface area contributed by atoms with E-state index in [4.69, 9.17) is 16.0 Å². The van der Waals surface area contributed by atoms with Crippen LogP contribution in [0.25, 0.3) is 0 Å². The standard InChI is InChI=1S/C14H14ClNO3/c1-8-7-10(15)4-5-11(8)16-13(14(17)18)12-6-3-9(2)19-12/h3-7,13,16H,1-2H3,(H,17,18). The molecule has 100 valence electrons. The molecule has 0 bridgehead atoms. The van der Waals surface area contributed by atoms with E-state index in [0.29, 0.717) is 22.2 Å². The largest absolute Gasteiger partial charge is 0.479 e. The van der Waals surface area contributed by atoms with Crippen molar-refractivity contribution in [3.05, 3.63) is 52.4 Å². The van der Waals surface area contributed by atoms with Crippen molar-refractivity contribution < 1.29 is 14.3 Å². The van der Waals surface area contributed by atoms with E-state index in [1.807, 2.05) is 6.92 Å². The fourth-order valence-corrected chi connectivity index (χ4v) is 2.03. The van der Waals surface area contributed by atoms with Crippen molar-refractivity contribution in [2.24, 2.45) is 0 Å². The van der Waals surface area contributed by atoms with Crippen molar-refractivity contribution in [3.63, 3.8) is 0 Å². The molecular formula is C14H14ClNO3. The van der Waals surface area contributed by atoms with Gasteiger partial charge < -0.3 is 14.8 Å². The minimum absolute atomic E-state index is 0.374. The number of halogens is 1. The van der Waals surface area contributed by atoms with Crippen LogP contribution >= 0.6 is 11.6 Å². The Morgan fingerprint density at radius 2 is 2.05 bits per heavy atom. The smallest absolute Gasteiger partial charge is 0.334 e. The number of nitrogens with one attached hydrogen (secondary N) is 1. The molecule has 0 radical (unpaired) electrons. The van der Waals surface area contributed by atoms with E-state index in [9.17, 15) is 9.90 Å². The Morgan fingerprint density at radius 3 is 2.58 bits per heavy atom. The second kappa shape index (κ2) is 5.36. The summed E-state index contributed by atoms with van der Waals surface area (Å²) in [6, 6.07) is 7.71. The van der Waals surface area contributed by atoms with Crippen LogP contribution in [0, 0.1) is 13.8 Å². The number of carbonyl (C=O) groups is 1. The zero-order valence-corrected chi connectivity index (χ0v) is 11.4. The van der Waals surface area contributed by atoms with Crippen LogP contribution in [-0.4, -0.2) is 11.1 Å². The lowest BCUT2D eigenvalue weighted by atomic mass is 10.1. The van der Waals surface area contributed by atoms with E-state index in [0.717, 1.165) is 5.56 Å². The number of benzene rings is 1. The summed E-state index contributed by atoms with van der Waals surface area (Å²) in [6.07, 6.45) is 0. The summed E-state index contributed by atoms with van der Waals surface area (Å²) in [5.41, 5.74) is 1.59. The van der Waals surface area contributed by atoms with Gasteiger partial charge in [-0.1, -0.05) is 11.6 Å². The van der Waals surface area contributed by atoms with Gasteiger partial charge in [0.1, 0.15) is 11.5 Å². The van der Waals surface area contributed by atoms with E-state index < -0.39 is 12.0 Å². The van der Waals surface area contributed by atoms with Crippen molar-refractivity contribution in [2.75, 3.05) is 5.32 Å². The maximum absolute atomic E-state index is 11.3. The van der Waals surface area contributed by atoms with E-state index in [2.05, 4.69) is 5.32 Å². The van der Waals surface area contributed by atoms with Gasteiger partial charge in [-0.3, -0.25) is 0 Å². The van der Waals surface area contributed by atoms with Gasteiger partial charge in [0.05, 0.1) is 0 Å². The summed E-state index contributed by atoms with van der Waals surface area (Å²) in [6.45, 7) is 3.64. The molecule has 2 rings (SSSR count). The van der Waals surface area contributed by atoms with Crippen LogP contribution < -0.4 is 5.32 Å². The molecule has 2 aromatic rings. The van der Waals surface area contributed by atoms with Gasteiger partial charge in [-0.25, -0.2) is 4.79 Å². The van der Waals surface area contributed by atoms with Gasteiger partial charge in [0.15, 0.2) is 6.04 Å². The topological polar surface area (TPSA) is 62.5 Å². The van der Waals surface area contributed by atoms with Crippen LogP contribution in [0.3, 0.4) is 0 Å². The molecule has 19 heavy (non-hydrogen) atoms. The van der Waals surface area contributed by atoms with Crippen LogP contribution in [0.5, 0.6) is 0 Å². The van der Waals surface area contributed by atoms with Crippen molar-refractivity contribution >= 4 is 23.3 Å². The average Bonchev–Trinajstić information content (AvgIpc) is 2.74.